The van der Waals surface area contributed by atoms with Gasteiger partial charge in [0.15, 0.2) is 0 Å². The molecule has 0 radical (unpaired) electrons. The van der Waals surface area contributed by atoms with Crippen LogP contribution in [0.2, 0.25) is 0 Å². The maximum atomic E-state index is 13.5. The maximum Gasteiger partial charge on any atom is 0.130 e. The molecule has 90 valence electrons. The number of nitrogens with one attached hydrogen (secondary N) is 1. The first-order chi connectivity index (χ1) is 7.57. The molecule has 0 heterocycles. The second-order valence-corrected chi connectivity index (χ2v) is 4.39. The van der Waals surface area contributed by atoms with E-state index in [0.717, 1.165) is 0 Å². The SMILES string of the molecule is CNCCC(O)C(O)c1c(F)cccc1Br. The van der Waals surface area contributed by atoms with Gasteiger partial charge in [0.2, 0.25) is 0 Å². The zero-order chi connectivity index (χ0) is 12.1. The second-order valence-electron chi connectivity index (χ2n) is 3.54. The fourth-order valence-corrected chi connectivity index (χ4v) is 2.01. The highest BCUT2D eigenvalue weighted by Gasteiger charge is 2.23. The van der Waals surface area contributed by atoms with Crippen LogP contribution in [0.4, 0.5) is 4.39 Å². The summed E-state index contributed by atoms with van der Waals surface area (Å²) >= 11 is 3.16. The fourth-order valence-electron chi connectivity index (χ4n) is 1.44. The Morgan fingerprint density at radius 2 is 2.12 bits per heavy atom. The number of benzene rings is 1. The van der Waals surface area contributed by atoms with Gasteiger partial charge in [0.1, 0.15) is 11.9 Å². The Morgan fingerprint density at radius 3 is 2.69 bits per heavy atom. The Kier molecular flexibility index (Phi) is 5.34. The van der Waals surface area contributed by atoms with Crippen LogP contribution in [-0.4, -0.2) is 29.9 Å². The quantitative estimate of drug-likeness (QED) is 0.772. The van der Waals surface area contributed by atoms with Gasteiger partial charge >= 0.3 is 0 Å². The van der Waals surface area contributed by atoms with Crippen molar-refractivity contribution in [1.82, 2.24) is 5.32 Å². The van der Waals surface area contributed by atoms with Crippen LogP contribution < -0.4 is 5.32 Å². The number of hydrogen-bond donors (Lipinski definition) is 3. The van der Waals surface area contributed by atoms with Gasteiger partial charge in [0.05, 0.1) is 6.10 Å². The summed E-state index contributed by atoms with van der Waals surface area (Å²) in [5.41, 5.74) is 0.103. The van der Waals surface area contributed by atoms with Crippen molar-refractivity contribution in [3.63, 3.8) is 0 Å². The molecule has 0 spiro atoms. The first-order valence-electron chi connectivity index (χ1n) is 5.02. The number of rotatable bonds is 5. The van der Waals surface area contributed by atoms with Gasteiger partial charge in [0.25, 0.3) is 0 Å². The van der Waals surface area contributed by atoms with Gasteiger partial charge in [-0.1, -0.05) is 22.0 Å². The van der Waals surface area contributed by atoms with E-state index in [4.69, 9.17) is 0 Å². The lowest BCUT2D eigenvalue weighted by molar-refractivity contribution is 0.0115. The van der Waals surface area contributed by atoms with Crippen LogP contribution in [0.3, 0.4) is 0 Å². The van der Waals surface area contributed by atoms with Crippen molar-refractivity contribution < 1.29 is 14.6 Å². The van der Waals surface area contributed by atoms with E-state index in [1.165, 1.54) is 12.1 Å². The van der Waals surface area contributed by atoms with Gasteiger partial charge in [0, 0.05) is 10.0 Å². The van der Waals surface area contributed by atoms with Crippen molar-refractivity contribution in [3.8, 4) is 0 Å². The monoisotopic (exact) mass is 291 g/mol. The molecule has 5 heteroatoms. The molecule has 16 heavy (non-hydrogen) atoms. The molecule has 0 amide bonds. The van der Waals surface area contributed by atoms with Crippen LogP contribution in [0.1, 0.15) is 18.1 Å². The fraction of sp³-hybridized carbons (Fsp3) is 0.455. The summed E-state index contributed by atoms with van der Waals surface area (Å²) in [5.74, 6) is -0.523. The number of halogens is 2. The van der Waals surface area contributed by atoms with Crippen LogP contribution in [0.5, 0.6) is 0 Å². The van der Waals surface area contributed by atoms with Crippen molar-refractivity contribution in [2.24, 2.45) is 0 Å². The van der Waals surface area contributed by atoms with E-state index in [2.05, 4.69) is 21.2 Å². The molecule has 0 bridgehead atoms. The van der Waals surface area contributed by atoms with Crippen molar-refractivity contribution in [2.75, 3.05) is 13.6 Å². The lowest BCUT2D eigenvalue weighted by Gasteiger charge is -2.19. The Balaban J connectivity index is 2.82. The highest BCUT2D eigenvalue weighted by Crippen LogP contribution is 2.29. The lowest BCUT2D eigenvalue weighted by atomic mass is 10.0. The third-order valence-corrected chi connectivity index (χ3v) is 3.04. The molecule has 1 aromatic carbocycles. The first kappa shape index (κ1) is 13.6. The molecule has 2 atom stereocenters. The molecule has 0 saturated heterocycles. The van der Waals surface area contributed by atoms with Crippen LogP contribution in [0, 0.1) is 5.82 Å². The Hall–Kier alpha value is -0.490. The number of aliphatic hydroxyl groups excluding tert-OH is 2. The highest BCUT2D eigenvalue weighted by molar-refractivity contribution is 9.10. The Labute approximate surface area is 102 Å². The summed E-state index contributed by atoms with van der Waals surface area (Å²) in [4.78, 5) is 0. The van der Waals surface area contributed by atoms with Crippen molar-refractivity contribution in [3.05, 3.63) is 34.1 Å². The van der Waals surface area contributed by atoms with Crippen molar-refractivity contribution in [1.29, 1.82) is 0 Å². The van der Waals surface area contributed by atoms with Crippen LogP contribution in [0.15, 0.2) is 22.7 Å². The first-order valence-corrected chi connectivity index (χ1v) is 5.82. The van der Waals surface area contributed by atoms with E-state index < -0.39 is 18.0 Å². The second kappa shape index (κ2) is 6.30. The molecular weight excluding hydrogens is 277 g/mol. The minimum absolute atomic E-state index is 0.103. The van der Waals surface area contributed by atoms with Crippen LogP contribution in [0.25, 0.3) is 0 Å². The van der Waals surface area contributed by atoms with E-state index >= 15 is 0 Å². The van der Waals surface area contributed by atoms with Crippen LogP contribution >= 0.6 is 15.9 Å². The van der Waals surface area contributed by atoms with E-state index in [0.29, 0.717) is 17.4 Å². The zero-order valence-electron chi connectivity index (χ0n) is 8.95. The third kappa shape index (κ3) is 3.25. The number of hydrogen-bond acceptors (Lipinski definition) is 3. The maximum absolute atomic E-state index is 13.5. The molecule has 0 aliphatic heterocycles. The molecule has 0 aliphatic rings. The lowest BCUT2D eigenvalue weighted by Crippen LogP contribution is -2.24. The average molecular weight is 292 g/mol. The average Bonchev–Trinajstić information content (AvgIpc) is 2.25. The Bertz CT molecular complexity index is 329. The largest absolute Gasteiger partial charge is 0.390 e. The van der Waals surface area contributed by atoms with Gasteiger partial charge in [-0.3, -0.25) is 0 Å². The molecule has 2 unspecified atom stereocenters. The third-order valence-electron chi connectivity index (χ3n) is 2.35. The topological polar surface area (TPSA) is 52.5 Å². The summed E-state index contributed by atoms with van der Waals surface area (Å²) < 4.78 is 13.9. The zero-order valence-corrected chi connectivity index (χ0v) is 10.5. The summed E-state index contributed by atoms with van der Waals surface area (Å²) in [6.45, 7) is 0.560. The summed E-state index contributed by atoms with van der Waals surface area (Å²) in [6, 6.07) is 4.43. The van der Waals surface area contributed by atoms with Crippen molar-refractivity contribution >= 4 is 15.9 Å². The minimum atomic E-state index is -1.22. The van der Waals surface area contributed by atoms with Gasteiger partial charge in [-0.05, 0) is 32.1 Å². The number of aliphatic hydroxyl groups is 2. The minimum Gasteiger partial charge on any atom is -0.390 e. The summed E-state index contributed by atoms with van der Waals surface area (Å²) in [7, 11) is 1.75. The van der Waals surface area contributed by atoms with E-state index in [1.807, 2.05) is 0 Å². The summed E-state index contributed by atoms with van der Waals surface area (Å²) in [6.07, 6.45) is -1.84. The standard InChI is InChI=1S/C11H15BrFNO2/c1-14-6-5-9(15)11(16)10-7(12)3-2-4-8(10)13/h2-4,9,11,14-16H,5-6H2,1H3. The molecule has 0 aliphatic carbocycles. The predicted octanol–water partition coefficient (Wildman–Crippen LogP) is 1.59. The summed E-state index contributed by atoms with van der Waals surface area (Å²) in [5, 5.41) is 22.4. The molecule has 0 saturated carbocycles. The van der Waals surface area contributed by atoms with Gasteiger partial charge < -0.3 is 15.5 Å². The molecule has 1 rings (SSSR count). The smallest absolute Gasteiger partial charge is 0.130 e. The van der Waals surface area contributed by atoms with Gasteiger partial charge in [-0.2, -0.15) is 0 Å². The molecule has 3 N–H and O–H groups in total. The molecule has 0 aromatic heterocycles. The van der Waals surface area contributed by atoms with E-state index in [1.54, 1.807) is 13.1 Å². The van der Waals surface area contributed by atoms with Crippen LogP contribution in [-0.2, 0) is 0 Å². The molecular formula is C11H15BrFNO2. The normalized spacial score (nSPS) is 14.8. The van der Waals surface area contributed by atoms with E-state index in [-0.39, 0.29) is 5.56 Å². The molecule has 1 aromatic rings. The predicted molar refractivity (Wildman–Crippen MR) is 63.6 cm³/mol. The van der Waals surface area contributed by atoms with Crippen molar-refractivity contribution in [2.45, 2.75) is 18.6 Å². The highest BCUT2D eigenvalue weighted by atomic mass is 79.9. The molecule has 0 fully saturated rings. The van der Waals surface area contributed by atoms with Gasteiger partial charge in [-0.25, -0.2) is 4.39 Å². The van der Waals surface area contributed by atoms with Gasteiger partial charge in [-0.15, -0.1) is 0 Å². The Morgan fingerprint density at radius 1 is 1.44 bits per heavy atom. The molecule has 3 nitrogen and oxygen atoms in total. The van der Waals surface area contributed by atoms with E-state index in [9.17, 15) is 14.6 Å².